The molecule has 0 aliphatic rings. The van der Waals surface area contributed by atoms with Gasteiger partial charge in [-0.2, -0.15) is 13.2 Å². The summed E-state index contributed by atoms with van der Waals surface area (Å²) in [7, 11) is 0. The zero-order chi connectivity index (χ0) is 14.0. The number of esters is 1. The van der Waals surface area contributed by atoms with Gasteiger partial charge in [0.15, 0.2) is 0 Å². The van der Waals surface area contributed by atoms with Crippen molar-refractivity contribution < 1.29 is 22.7 Å². The van der Waals surface area contributed by atoms with E-state index in [4.69, 9.17) is 34.8 Å². The summed E-state index contributed by atoms with van der Waals surface area (Å²) < 4.78 is 42.6. The Kier molecular flexibility index (Phi) is 4.75. The van der Waals surface area contributed by atoms with Gasteiger partial charge in [-0.3, -0.25) is 0 Å². The number of carbonyl (C=O) groups is 1. The van der Waals surface area contributed by atoms with Crippen molar-refractivity contribution in [2.75, 3.05) is 0 Å². The van der Waals surface area contributed by atoms with Crippen LogP contribution in [0.5, 0.6) is 5.75 Å². The molecule has 0 aromatic heterocycles. The number of alkyl halides is 6. The summed E-state index contributed by atoms with van der Waals surface area (Å²) in [6.45, 7) is 0. The lowest BCUT2D eigenvalue weighted by molar-refractivity contribution is -0.180. The maximum atomic E-state index is 12.7. The monoisotopic (exact) mass is 320 g/mol. The molecule has 1 rings (SSSR count). The smallest absolute Gasteiger partial charge is 0.421 e. The molecular weight excluding hydrogens is 315 g/mol. The van der Waals surface area contributed by atoms with Crippen LogP contribution in [-0.2, 0) is 4.79 Å². The molecule has 100 valence electrons. The average molecular weight is 322 g/mol. The summed E-state index contributed by atoms with van der Waals surface area (Å²) >= 11 is 15.5. The van der Waals surface area contributed by atoms with E-state index in [9.17, 15) is 18.0 Å². The Balaban J connectivity index is 2.99. The SMILES string of the molecule is O=C(Oc1ccccc1)C(Cl)(C(Cl)Cl)C(F)(F)F. The van der Waals surface area contributed by atoms with E-state index in [2.05, 4.69) is 4.74 Å². The van der Waals surface area contributed by atoms with E-state index in [1.54, 1.807) is 6.07 Å². The largest absolute Gasteiger partial charge is 0.425 e. The first-order chi connectivity index (χ1) is 8.19. The second kappa shape index (κ2) is 5.55. The van der Waals surface area contributed by atoms with E-state index in [-0.39, 0.29) is 5.75 Å². The maximum Gasteiger partial charge on any atom is 0.421 e. The van der Waals surface area contributed by atoms with Crippen LogP contribution in [0.15, 0.2) is 30.3 Å². The molecule has 0 saturated heterocycles. The summed E-state index contributed by atoms with van der Waals surface area (Å²) in [4.78, 5) is 5.77. The Hall–Kier alpha value is -0.650. The zero-order valence-electron chi connectivity index (χ0n) is 8.55. The minimum Gasteiger partial charge on any atom is -0.425 e. The van der Waals surface area contributed by atoms with E-state index in [1.165, 1.54) is 24.3 Å². The summed E-state index contributed by atoms with van der Waals surface area (Å²) in [6.07, 6.45) is -5.14. The molecule has 1 unspecified atom stereocenters. The first kappa shape index (κ1) is 15.4. The third-order valence-corrected chi connectivity index (χ3v) is 3.43. The quantitative estimate of drug-likeness (QED) is 0.479. The second-order valence-electron chi connectivity index (χ2n) is 3.21. The molecule has 8 heteroatoms. The van der Waals surface area contributed by atoms with Crippen molar-refractivity contribution in [1.82, 2.24) is 0 Å². The molecule has 0 N–H and O–H groups in total. The van der Waals surface area contributed by atoms with Crippen molar-refractivity contribution in [2.45, 2.75) is 15.9 Å². The average Bonchev–Trinajstić information content (AvgIpc) is 2.27. The van der Waals surface area contributed by atoms with E-state index >= 15 is 0 Å². The zero-order valence-corrected chi connectivity index (χ0v) is 10.8. The molecule has 0 bridgehead atoms. The number of benzene rings is 1. The lowest BCUT2D eigenvalue weighted by atomic mass is 10.1. The van der Waals surface area contributed by atoms with Crippen LogP contribution in [0.1, 0.15) is 0 Å². The highest BCUT2D eigenvalue weighted by Gasteiger charge is 2.65. The highest BCUT2D eigenvalue weighted by molar-refractivity contribution is 6.53. The number of ether oxygens (including phenoxy) is 1. The van der Waals surface area contributed by atoms with Gasteiger partial charge < -0.3 is 4.74 Å². The van der Waals surface area contributed by atoms with Gasteiger partial charge in [0, 0.05) is 0 Å². The Labute approximate surface area is 116 Å². The minimum absolute atomic E-state index is 0.0919. The van der Waals surface area contributed by atoms with Crippen LogP contribution in [0, 0.1) is 0 Å². The molecule has 0 radical (unpaired) electrons. The van der Waals surface area contributed by atoms with Gasteiger partial charge in [-0.15, -0.1) is 23.2 Å². The van der Waals surface area contributed by atoms with Crippen LogP contribution < -0.4 is 4.74 Å². The van der Waals surface area contributed by atoms with Gasteiger partial charge in [-0.1, -0.05) is 29.8 Å². The lowest BCUT2D eigenvalue weighted by Gasteiger charge is -2.27. The standard InChI is InChI=1S/C10H6Cl3F3O2/c11-7(12)9(13,10(14,15)16)8(17)18-6-4-2-1-3-5-6/h1-5,7H. The third-order valence-electron chi connectivity index (χ3n) is 1.96. The lowest BCUT2D eigenvalue weighted by Crippen LogP contribution is -2.54. The Morgan fingerprint density at radius 1 is 1.17 bits per heavy atom. The number of carbonyl (C=O) groups excluding carboxylic acids is 1. The number of hydrogen-bond donors (Lipinski definition) is 0. The molecule has 0 aliphatic carbocycles. The maximum absolute atomic E-state index is 12.7. The van der Waals surface area contributed by atoms with Crippen LogP contribution in [0.4, 0.5) is 13.2 Å². The summed E-state index contributed by atoms with van der Waals surface area (Å²) in [5.74, 6) is -1.87. The fourth-order valence-corrected chi connectivity index (χ4v) is 1.46. The van der Waals surface area contributed by atoms with Gasteiger partial charge in [0.1, 0.15) is 10.6 Å². The molecule has 0 fully saturated rings. The minimum atomic E-state index is -5.14. The number of rotatable bonds is 3. The van der Waals surface area contributed by atoms with Gasteiger partial charge in [0.2, 0.25) is 0 Å². The van der Waals surface area contributed by atoms with Gasteiger partial charge >= 0.3 is 12.1 Å². The molecule has 1 aromatic rings. The molecular formula is C10H6Cl3F3O2. The molecule has 18 heavy (non-hydrogen) atoms. The van der Waals surface area contributed by atoms with Crippen LogP contribution in [0.25, 0.3) is 0 Å². The molecule has 1 aromatic carbocycles. The van der Waals surface area contributed by atoms with Gasteiger partial charge in [0.05, 0.1) is 0 Å². The highest BCUT2D eigenvalue weighted by Crippen LogP contribution is 2.43. The van der Waals surface area contributed by atoms with Crippen LogP contribution >= 0.6 is 34.8 Å². The predicted molar refractivity (Wildman–Crippen MR) is 62.2 cm³/mol. The number of hydrogen-bond acceptors (Lipinski definition) is 2. The topological polar surface area (TPSA) is 26.3 Å². The van der Waals surface area contributed by atoms with Crippen molar-refractivity contribution in [3.05, 3.63) is 30.3 Å². The second-order valence-corrected chi connectivity index (χ2v) is 4.91. The summed E-state index contributed by atoms with van der Waals surface area (Å²) in [5, 5.41) is 0. The van der Waals surface area contributed by atoms with E-state index < -0.39 is 21.9 Å². The van der Waals surface area contributed by atoms with Gasteiger partial charge in [0.25, 0.3) is 4.87 Å². The van der Waals surface area contributed by atoms with Crippen LogP contribution in [0.2, 0.25) is 0 Å². The van der Waals surface area contributed by atoms with Crippen molar-refractivity contribution in [3.8, 4) is 5.75 Å². The Morgan fingerprint density at radius 2 is 1.67 bits per heavy atom. The molecule has 1 atom stereocenters. The van der Waals surface area contributed by atoms with E-state index in [1.807, 2.05) is 0 Å². The normalized spacial score (nSPS) is 15.3. The first-order valence-electron chi connectivity index (χ1n) is 4.50. The molecule has 0 heterocycles. The third kappa shape index (κ3) is 3.02. The molecule has 0 saturated carbocycles. The fourth-order valence-electron chi connectivity index (χ4n) is 0.998. The van der Waals surface area contributed by atoms with E-state index in [0.29, 0.717) is 0 Å². The number of halogens is 6. The summed E-state index contributed by atoms with van der Waals surface area (Å²) in [6, 6.07) is 7.14. The van der Waals surface area contributed by atoms with Crippen molar-refractivity contribution >= 4 is 40.8 Å². The molecule has 0 aliphatic heterocycles. The van der Waals surface area contributed by atoms with E-state index in [0.717, 1.165) is 0 Å². The Bertz CT molecular complexity index is 422. The van der Waals surface area contributed by atoms with Crippen LogP contribution in [-0.4, -0.2) is 21.9 Å². The van der Waals surface area contributed by atoms with Crippen molar-refractivity contribution in [2.24, 2.45) is 0 Å². The van der Waals surface area contributed by atoms with Gasteiger partial charge in [-0.25, -0.2) is 4.79 Å². The molecule has 0 amide bonds. The summed E-state index contributed by atoms with van der Waals surface area (Å²) in [5.41, 5.74) is 0. The first-order valence-corrected chi connectivity index (χ1v) is 5.75. The molecule has 2 nitrogen and oxygen atoms in total. The Morgan fingerprint density at radius 3 is 2.06 bits per heavy atom. The number of para-hydroxylation sites is 1. The fraction of sp³-hybridized carbons (Fsp3) is 0.300. The molecule has 0 spiro atoms. The van der Waals surface area contributed by atoms with Gasteiger partial charge in [-0.05, 0) is 12.1 Å². The van der Waals surface area contributed by atoms with Crippen LogP contribution in [0.3, 0.4) is 0 Å². The predicted octanol–water partition coefficient (Wildman–Crippen LogP) is 3.94. The van der Waals surface area contributed by atoms with Crippen molar-refractivity contribution in [3.63, 3.8) is 0 Å². The highest BCUT2D eigenvalue weighted by atomic mass is 35.5. The van der Waals surface area contributed by atoms with Crippen molar-refractivity contribution in [1.29, 1.82) is 0 Å².